The first kappa shape index (κ1) is 76.7. The lowest BCUT2D eigenvalue weighted by molar-refractivity contribution is -0.145. The van der Waals surface area contributed by atoms with Gasteiger partial charge in [0.2, 0.25) is 47.3 Å². The maximum Gasteiger partial charge on any atom is 0.410 e. The number of anilines is 2. The van der Waals surface area contributed by atoms with E-state index in [9.17, 15) is 67.7 Å². The molecule has 4 heterocycles. The van der Waals surface area contributed by atoms with Gasteiger partial charge in [0.1, 0.15) is 70.9 Å². The minimum Gasteiger partial charge on any atom is -0.444 e. The van der Waals surface area contributed by atoms with Gasteiger partial charge >= 0.3 is 12.2 Å². The molecule has 3 aromatic carbocycles. The Morgan fingerprint density at radius 2 is 0.837 bits per heavy atom. The number of nitrogens with one attached hydrogen (secondary N) is 8. The van der Waals surface area contributed by atoms with E-state index in [1.807, 2.05) is 0 Å². The lowest BCUT2D eigenvalue weighted by Gasteiger charge is -2.34. The fraction of sp³-hybridized carbons (Fsp3) is 0.629. The number of rotatable bonds is 30. The molecule has 0 aromatic heterocycles. The van der Waals surface area contributed by atoms with Crippen LogP contribution in [0.2, 0.25) is 0 Å². The van der Waals surface area contributed by atoms with Gasteiger partial charge in [-0.15, -0.1) is 0 Å². The Bertz CT molecular complexity index is 3130. The maximum absolute atomic E-state index is 14.5. The third-order valence-corrected chi connectivity index (χ3v) is 18.8. The minimum atomic E-state index is -1.20. The van der Waals surface area contributed by atoms with Crippen molar-refractivity contribution in [2.45, 2.75) is 217 Å². The molecule has 98 heavy (non-hydrogen) atoms. The number of hydrogen-bond acceptors (Lipinski definition) is 18. The van der Waals surface area contributed by atoms with Gasteiger partial charge in [-0.1, -0.05) is 74.5 Å². The van der Waals surface area contributed by atoms with Crippen LogP contribution in [0, 0.1) is 11.8 Å². The van der Waals surface area contributed by atoms with Crippen LogP contribution >= 0.6 is 0 Å². The van der Waals surface area contributed by atoms with Crippen LogP contribution in [0.5, 0.6) is 0 Å². The lowest BCUT2D eigenvalue weighted by Crippen LogP contribution is -2.59. The molecule has 4 aliphatic rings. The fourth-order valence-corrected chi connectivity index (χ4v) is 13.5. The van der Waals surface area contributed by atoms with Crippen molar-refractivity contribution in [3.63, 3.8) is 0 Å². The third kappa shape index (κ3) is 19.4. The zero-order valence-corrected chi connectivity index (χ0v) is 58.2. The highest BCUT2D eigenvalue weighted by atomic mass is 16.6. The van der Waals surface area contributed by atoms with E-state index in [0.29, 0.717) is 88.2 Å². The largest absolute Gasteiger partial charge is 0.444 e. The van der Waals surface area contributed by atoms with Gasteiger partial charge in [0.25, 0.3) is 10.9 Å². The molecule has 0 aliphatic carbocycles. The summed E-state index contributed by atoms with van der Waals surface area (Å²) in [5, 5.41) is 44.2. The summed E-state index contributed by atoms with van der Waals surface area (Å²) >= 11 is 0. The van der Waals surface area contributed by atoms with Crippen LogP contribution in [-0.4, -0.2) is 202 Å². The lowest BCUT2D eigenvalue weighted by atomic mass is 9.93. The molecule has 0 saturated carbocycles. The summed E-state index contributed by atoms with van der Waals surface area (Å²) in [6.45, 7) is 13.8. The van der Waals surface area contributed by atoms with Crippen molar-refractivity contribution in [3.8, 4) is 0 Å². The molecule has 12 atom stereocenters. The van der Waals surface area contributed by atoms with Gasteiger partial charge < -0.3 is 72.0 Å². The first-order valence-corrected chi connectivity index (χ1v) is 34.5. The number of likely N-dealkylation sites (N-methyl/N-ethyl adjacent to an activating group) is 2. The van der Waals surface area contributed by atoms with Gasteiger partial charge in [-0.25, -0.2) is 9.59 Å². The average Bonchev–Trinajstić information content (AvgIpc) is 1.60. The molecule has 7 rings (SSSR count). The van der Waals surface area contributed by atoms with Gasteiger partial charge in [0.15, 0.2) is 0 Å². The molecular weight excluding hydrogens is 1260 g/mol. The third-order valence-electron chi connectivity index (χ3n) is 18.8. The van der Waals surface area contributed by atoms with Crippen molar-refractivity contribution in [2.75, 3.05) is 64.1 Å². The highest BCUT2D eigenvalue weighted by Crippen LogP contribution is 2.37. The van der Waals surface area contributed by atoms with Crippen molar-refractivity contribution in [1.29, 1.82) is 0 Å². The van der Waals surface area contributed by atoms with Gasteiger partial charge in [0.05, 0.1) is 0 Å². The molecule has 0 spiro atoms. The van der Waals surface area contributed by atoms with Crippen LogP contribution in [0.1, 0.15) is 168 Å². The summed E-state index contributed by atoms with van der Waals surface area (Å²) in [4.78, 5) is 170. The van der Waals surface area contributed by atoms with Crippen LogP contribution < -0.4 is 53.4 Å². The van der Waals surface area contributed by atoms with Crippen molar-refractivity contribution in [3.05, 3.63) is 92.2 Å². The van der Waals surface area contributed by atoms with Crippen molar-refractivity contribution < 1.29 is 67.6 Å². The van der Waals surface area contributed by atoms with E-state index in [4.69, 9.17) is 9.47 Å². The quantitative estimate of drug-likeness (QED) is 0.0338. The highest BCUT2D eigenvalue weighted by molar-refractivity contribution is 5.98. The number of amides is 10. The summed E-state index contributed by atoms with van der Waals surface area (Å²) in [6.07, 6.45) is 4.02. The number of hydrogen-bond donors (Lipinski definition) is 10. The number of nitrogens with zero attached hydrogens (tertiary/aromatic N) is 4. The molecule has 28 nitrogen and oxygen atoms in total. The van der Waals surface area contributed by atoms with Gasteiger partial charge in [-0.05, 0) is 143 Å². The van der Waals surface area contributed by atoms with Crippen LogP contribution in [0.4, 0.5) is 21.0 Å². The second-order valence-corrected chi connectivity index (χ2v) is 28.0. The van der Waals surface area contributed by atoms with Crippen molar-refractivity contribution in [1.82, 2.24) is 51.5 Å². The second kappa shape index (κ2) is 34.7. The smallest absolute Gasteiger partial charge is 0.410 e. The molecule has 10 amide bonds. The summed E-state index contributed by atoms with van der Waals surface area (Å²) in [6, 6.07) is 7.83. The van der Waals surface area contributed by atoms with E-state index < -0.39 is 155 Å². The molecule has 4 saturated heterocycles. The van der Waals surface area contributed by atoms with E-state index in [1.165, 1.54) is 33.7 Å². The normalized spacial score (nSPS) is 22.1. The number of aliphatic hydroxyl groups excluding tert-OH is 2. The van der Waals surface area contributed by atoms with Crippen molar-refractivity contribution in [2.24, 2.45) is 11.8 Å². The van der Waals surface area contributed by atoms with Gasteiger partial charge in [-0.3, -0.25) is 57.7 Å². The SMILES string of the molecule is CC[C@@H](C(=O)N[C@@H]1C(=O)N2[C@@H](CC[C@@H]1CO)CC[C@H]2C(=O)N[C@H](C(=O)NCCCCNc1c(NCCCCNC(=O)[C@@H](NC(=O)[C@@H]2CC[C@@H]3CC[C@H](CO)[C@H](NC(=O)[C@H](CC)N(C)C(=O)OC(C)(C)C)C(=O)N32)c2ccccc2)c(=O)c1=O)c1ccccc1)N(C)C(=O)OC(C)(C)C. The zero-order chi connectivity index (χ0) is 71.8. The first-order valence-electron chi connectivity index (χ1n) is 34.5. The summed E-state index contributed by atoms with van der Waals surface area (Å²) in [5.74, 6) is -5.80. The Labute approximate surface area is 572 Å². The maximum atomic E-state index is 14.5. The number of fused-ring (bicyclic) bond motifs is 2. The monoisotopic (exact) mass is 1370 g/mol. The number of carbonyl (C=O) groups excluding carboxylic acids is 10. The predicted molar refractivity (Wildman–Crippen MR) is 364 cm³/mol. The summed E-state index contributed by atoms with van der Waals surface area (Å²) in [5.41, 5.74) is -1.76. The Balaban J connectivity index is 0.869. The molecule has 538 valence electrons. The van der Waals surface area contributed by atoms with E-state index >= 15 is 0 Å². The molecule has 3 aromatic rings. The Kier molecular flexibility index (Phi) is 27.2. The molecular formula is C70H102N12O16. The molecule has 4 fully saturated rings. The van der Waals surface area contributed by atoms with Crippen molar-refractivity contribution >= 4 is 70.8 Å². The Morgan fingerprint density at radius 1 is 0.500 bits per heavy atom. The van der Waals surface area contributed by atoms with Crippen LogP contribution in [0.15, 0.2) is 70.3 Å². The molecule has 10 N–H and O–H groups in total. The molecule has 0 unspecified atom stereocenters. The highest BCUT2D eigenvalue weighted by Gasteiger charge is 2.51. The number of benzene rings is 2. The van der Waals surface area contributed by atoms with Crippen LogP contribution in [0.3, 0.4) is 0 Å². The molecule has 28 heteroatoms. The topological polar surface area (TPSA) is 373 Å². The van der Waals surface area contributed by atoms with Crippen LogP contribution in [-0.2, 0) is 47.8 Å². The van der Waals surface area contributed by atoms with E-state index in [2.05, 4.69) is 42.5 Å². The predicted octanol–water partition coefficient (Wildman–Crippen LogP) is 3.40. The second-order valence-electron chi connectivity index (χ2n) is 28.0. The Hall–Kier alpha value is -8.66. The standard InChI is InChI=1S/C70H102N12O16/c1-11-47(79(9)67(95)97-69(3,4)5)59(87)77-53-43(39-83)27-29-45-31-33-49(81(45)65(53)93)61(89)75-51(41-23-15-13-16-24-41)63(91)73-37-21-19-35-71-55-56(58(86)57(55)85)72-36-20-22-38-74-64(92)52(42-25-17-14-18-26-42)76-62(90)50-34-32-46-30-28-44(40-84)54(66(94)82(46)50)78-60(88)48(12-2)80(10)68(96)98-70(6,7)8/h13-18,23-26,43-54,71-72,83-84H,11-12,19-22,27-40H2,1-10H3,(H,73,91)(H,74,92)(H,75,89)(H,76,90)(H,77,87)(H,78,88)/t43-,44-,45+,46+,47+,48+,49+,50+,51+,52+,53+,54+/m1/s1. The first-order chi connectivity index (χ1) is 46.5. The Morgan fingerprint density at radius 3 is 1.16 bits per heavy atom. The zero-order valence-electron chi connectivity index (χ0n) is 58.2. The van der Waals surface area contributed by atoms with Gasteiger partial charge in [-0.2, -0.15) is 0 Å². The number of carbonyl (C=O) groups is 10. The number of unbranched alkanes of at least 4 members (excludes halogenated alkanes) is 2. The van der Waals surface area contributed by atoms with Gasteiger partial charge in [0, 0.05) is 77.4 Å². The van der Waals surface area contributed by atoms with Crippen LogP contribution in [0.25, 0.3) is 0 Å². The molecule has 0 radical (unpaired) electrons. The summed E-state index contributed by atoms with van der Waals surface area (Å²) in [7, 11) is 2.88. The average molecular weight is 1370 g/mol. The fourth-order valence-electron chi connectivity index (χ4n) is 13.5. The van der Waals surface area contributed by atoms with E-state index in [1.54, 1.807) is 116 Å². The number of ether oxygens (including phenoxy) is 2. The minimum absolute atomic E-state index is 0.131. The number of aliphatic hydroxyl groups is 2. The van der Waals surface area contributed by atoms with E-state index in [-0.39, 0.29) is 62.5 Å². The summed E-state index contributed by atoms with van der Waals surface area (Å²) < 4.78 is 11.0. The van der Waals surface area contributed by atoms with E-state index in [0.717, 1.165) is 0 Å². The molecule has 4 aliphatic heterocycles. The molecule has 0 bridgehead atoms.